The lowest BCUT2D eigenvalue weighted by atomic mass is 9.80. The highest BCUT2D eigenvalue weighted by Crippen LogP contribution is 2.29. The van der Waals surface area contributed by atoms with Gasteiger partial charge in [0.1, 0.15) is 5.41 Å². The monoisotopic (exact) mass is 273 g/mol. The van der Waals surface area contributed by atoms with Crippen LogP contribution in [0, 0.1) is 16.7 Å². The average molecular weight is 273 g/mol. The molecule has 0 atom stereocenters. The van der Waals surface area contributed by atoms with E-state index in [0.29, 0.717) is 19.4 Å². The molecule has 1 amide bonds. The predicted molar refractivity (Wildman–Crippen MR) is 78.8 cm³/mol. The van der Waals surface area contributed by atoms with E-state index in [1.165, 1.54) is 0 Å². The second-order valence-corrected chi connectivity index (χ2v) is 5.06. The highest BCUT2D eigenvalue weighted by atomic mass is 16.2. The third-order valence-electron chi connectivity index (χ3n) is 3.45. The molecule has 0 fully saturated rings. The summed E-state index contributed by atoms with van der Waals surface area (Å²) in [5, 5.41) is 12.3. The third-order valence-corrected chi connectivity index (χ3v) is 3.45. The van der Waals surface area contributed by atoms with Crippen molar-refractivity contribution in [2.45, 2.75) is 46.0 Å². The Morgan fingerprint density at radius 2 is 1.90 bits per heavy atom. The van der Waals surface area contributed by atoms with Crippen LogP contribution in [0.25, 0.3) is 0 Å². The van der Waals surface area contributed by atoms with Gasteiger partial charge < -0.3 is 5.32 Å². The van der Waals surface area contributed by atoms with E-state index in [9.17, 15) is 10.1 Å². The molecule has 0 unspecified atom stereocenters. The maximum Gasteiger partial charge on any atom is 0.240 e. The van der Waals surface area contributed by atoms with Gasteiger partial charge in [0, 0.05) is 18.9 Å². The van der Waals surface area contributed by atoms with Gasteiger partial charge in [-0.1, -0.05) is 26.7 Å². The van der Waals surface area contributed by atoms with Gasteiger partial charge in [-0.2, -0.15) is 5.26 Å². The zero-order valence-electron chi connectivity index (χ0n) is 12.4. The molecule has 0 aliphatic heterocycles. The molecule has 108 valence electrons. The quantitative estimate of drug-likeness (QED) is 0.792. The number of nitriles is 1. The number of rotatable bonds is 8. The van der Waals surface area contributed by atoms with E-state index >= 15 is 0 Å². The molecule has 0 radical (unpaired) electrons. The first kappa shape index (κ1) is 16.2. The van der Waals surface area contributed by atoms with Crippen molar-refractivity contribution in [2.24, 2.45) is 5.41 Å². The SMILES string of the molecule is CCCC(C#N)(CCC)C(=O)NCCc1ccncc1. The van der Waals surface area contributed by atoms with Crippen molar-refractivity contribution in [3.63, 3.8) is 0 Å². The van der Waals surface area contributed by atoms with Crippen LogP contribution in [-0.4, -0.2) is 17.4 Å². The van der Waals surface area contributed by atoms with Gasteiger partial charge in [-0.25, -0.2) is 0 Å². The number of carbonyl (C=O) groups is 1. The van der Waals surface area contributed by atoms with Gasteiger partial charge in [0.15, 0.2) is 0 Å². The Bertz CT molecular complexity index is 445. The van der Waals surface area contributed by atoms with Gasteiger partial charge in [0.25, 0.3) is 0 Å². The molecule has 0 saturated heterocycles. The van der Waals surface area contributed by atoms with Crippen LogP contribution in [0.2, 0.25) is 0 Å². The molecule has 4 heteroatoms. The van der Waals surface area contributed by atoms with E-state index < -0.39 is 5.41 Å². The molecule has 20 heavy (non-hydrogen) atoms. The summed E-state index contributed by atoms with van der Waals surface area (Å²) in [6.07, 6.45) is 7.16. The van der Waals surface area contributed by atoms with Crippen LogP contribution < -0.4 is 5.32 Å². The Morgan fingerprint density at radius 3 is 2.40 bits per heavy atom. The van der Waals surface area contributed by atoms with Crippen molar-refractivity contribution in [1.82, 2.24) is 10.3 Å². The molecule has 1 aromatic heterocycles. The second-order valence-electron chi connectivity index (χ2n) is 5.06. The lowest BCUT2D eigenvalue weighted by Crippen LogP contribution is -2.41. The number of amides is 1. The lowest BCUT2D eigenvalue weighted by molar-refractivity contribution is -0.128. The molecule has 0 aliphatic carbocycles. The third kappa shape index (κ3) is 4.34. The van der Waals surface area contributed by atoms with Gasteiger partial charge in [0.2, 0.25) is 5.91 Å². The first-order chi connectivity index (χ1) is 9.68. The molecule has 4 nitrogen and oxygen atoms in total. The molecule has 1 N–H and O–H groups in total. The number of pyridine rings is 1. The van der Waals surface area contributed by atoms with Crippen LogP contribution in [0.1, 0.15) is 45.1 Å². The first-order valence-electron chi connectivity index (χ1n) is 7.27. The summed E-state index contributed by atoms with van der Waals surface area (Å²) >= 11 is 0. The van der Waals surface area contributed by atoms with Crippen LogP contribution in [0.4, 0.5) is 0 Å². The number of hydrogen-bond donors (Lipinski definition) is 1. The normalized spacial score (nSPS) is 10.8. The number of hydrogen-bond acceptors (Lipinski definition) is 3. The van der Waals surface area contributed by atoms with Crippen molar-refractivity contribution in [2.75, 3.05) is 6.54 Å². The zero-order chi connectivity index (χ0) is 14.8. The minimum absolute atomic E-state index is 0.127. The Hall–Kier alpha value is -1.89. The lowest BCUT2D eigenvalue weighted by Gasteiger charge is -2.24. The fourth-order valence-electron chi connectivity index (χ4n) is 2.41. The molecule has 1 heterocycles. The van der Waals surface area contributed by atoms with E-state index in [2.05, 4.69) is 16.4 Å². The van der Waals surface area contributed by atoms with Crippen molar-refractivity contribution >= 4 is 5.91 Å². The fourth-order valence-corrected chi connectivity index (χ4v) is 2.41. The number of nitrogens with one attached hydrogen (secondary N) is 1. The standard InChI is InChI=1S/C16H23N3O/c1-3-8-16(13-17,9-4-2)15(20)19-12-7-14-5-10-18-11-6-14/h5-6,10-11H,3-4,7-9,12H2,1-2H3,(H,19,20). The summed E-state index contributed by atoms with van der Waals surface area (Å²) in [5.74, 6) is -0.127. The molecule has 1 rings (SSSR count). The van der Waals surface area contributed by atoms with Crippen molar-refractivity contribution in [3.8, 4) is 6.07 Å². The number of nitrogens with zero attached hydrogens (tertiary/aromatic N) is 2. The summed E-state index contributed by atoms with van der Waals surface area (Å²) in [4.78, 5) is 16.3. The van der Waals surface area contributed by atoms with Crippen molar-refractivity contribution in [3.05, 3.63) is 30.1 Å². The van der Waals surface area contributed by atoms with Gasteiger partial charge in [0.05, 0.1) is 6.07 Å². The summed E-state index contributed by atoms with van der Waals surface area (Å²) in [7, 11) is 0. The van der Waals surface area contributed by atoms with Gasteiger partial charge >= 0.3 is 0 Å². The minimum atomic E-state index is -0.859. The van der Waals surface area contributed by atoms with E-state index in [-0.39, 0.29) is 5.91 Å². The number of aromatic nitrogens is 1. The van der Waals surface area contributed by atoms with Crippen molar-refractivity contribution in [1.29, 1.82) is 5.26 Å². The van der Waals surface area contributed by atoms with E-state index in [1.807, 2.05) is 26.0 Å². The topological polar surface area (TPSA) is 65.8 Å². The largest absolute Gasteiger partial charge is 0.354 e. The molecular formula is C16H23N3O. The average Bonchev–Trinajstić information content (AvgIpc) is 2.48. The molecular weight excluding hydrogens is 250 g/mol. The van der Waals surface area contributed by atoms with Crippen molar-refractivity contribution < 1.29 is 4.79 Å². The Morgan fingerprint density at radius 1 is 1.30 bits per heavy atom. The summed E-state index contributed by atoms with van der Waals surface area (Å²) in [5.41, 5.74) is 0.274. The van der Waals surface area contributed by atoms with Crippen LogP contribution in [0.3, 0.4) is 0 Å². The zero-order valence-corrected chi connectivity index (χ0v) is 12.4. The van der Waals surface area contributed by atoms with Crippen LogP contribution in [-0.2, 0) is 11.2 Å². The molecule has 0 spiro atoms. The summed E-state index contributed by atoms with van der Waals surface area (Å²) in [6.45, 7) is 4.57. The Kier molecular flexibility index (Phi) is 6.72. The van der Waals surface area contributed by atoms with Gasteiger partial charge in [-0.05, 0) is 37.0 Å². The molecule has 0 bridgehead atoms. The highest BCUT2D eigenvalue weighted by molar-refractivity contribution is 5.85. The van der Waals surface area contributed by atoms with Crippen LogP contribution in [0.15, 0.2) is 24.5 Å². The number of carbonyl (C=O) groups excluding carboxylic acids is 1. The minimum Gasteiger partial charge on any atom is -0.354 e. The molecule has 1 aromatic rings. The summed E-state index contributed by atoms with van der Waals surface area (Å²) < 4.78 is 0. The van der Waals surface area contributed by atoms with Crippen LogP contribution in [0.5, 0.6) is 0 Å². The van der Waals surface area contributed by atoms with E-state index in [4.69, 9.17) is 0 Å². The van der Waals surface area contributed by atoms with Gasteiger partial charge in [-0.15, -0.1) is 0 Å². The predicted octanol–water partition coefficient (Wildman–Crippen LogP) is 2.85. The Balaban J connectivity index is 2.56. The second kappa shape index (κ2) is 8.31. The van der Waals surface area contributed by atoms with Gasteiger partial charge in [-0.3, -0.25) is 9.78 Å². The molecule has 0 aromatic carbocycles. The molecule has 0 aliphatic rings. The fraction of sp³-hybridized carbons (Fsp3) is 0.562. The van der Waals surface area contributed by atoms with E-state index in [1.54, 1.807) is 12.4 Å². The van der Waals surface area contributed by atoms with Crippen LogP contribution >= 0.6 is 0 Å². The Labute approximate surface area is 121 Å². The van der Waals surface area contributed by atoms with E-state index in [0.717, 1.165) is 24.8 Å². The smallest absolute Gasteiger partial charge is 0.240 e. The first-order valence-corrected chi connectivity index (χ1v) is 7.27. The molecule has 0 saturated carbocycles. The maximum atomic E-state index is 12.3. The highest BCUT2D eigenvalue weighted by Gasteiger charge is 2.36. The maximum absolute atomic E-state index is 12.3. The summed E-state index contributed by atoms with van der Waals surface area (Å²) in [6, 6.07) is 6.11.